The molecule has 1 saturated heterocycles. The van der Waals surface area contributed by atoms with E-state index >= 15 is 0 Å². The van der Waals surface area contributed by atoms with E-state index < -0.39 is 10.0 Å². The normalized spacial score (nSPS) is 14.4. The van der Waals surface area contributed by atoms with Crippen molar-refractivity contribution in [2.24, 2.45) is 13.0 Å². The first-order chi connectivity index (χ1) is 20.1. The molecular formula is C30H38N8O3S. The number of likely N-dealkylation sites (N-methyl/N-ethyl adjacent to an activating group) is 1. The minimum Gasteiger partial charge on any atom is -0.437 e. The number of hydrogen-bond acceptors (Lipinski definition) is 9. The molecule has 3 aromatic heterocycles. The molecule has 1 aliphatic heterocycles. The predicted molar refractivity (Wildman–Crippen MR) is 163 cm³/mol. The average molecular weight is 591 g/mol. The maximum absolute atomic E-state index is 13.2. The van der Waals surface area contributed by atoms with Gasteiger partial charge in [-0.2, -0.15) is 10.1 Å². The van der Waals surface area contributed by atoms with Crippen LogP contribution in [0.25, 0.3) is 11.3 Å². The summed E-state index contributed by atoms with van der Waals surface area (Å²) in [5.41, 5.74) is 4.41. The number of hydrogen-bond donors (Lipinski definition) is 1. The van der Waals surface area contributed by atoms with Gasteiger partial charge in [-0.25, -0.2) is 18.1 Å². The fraction of sp³-hybridized carbons (Fsp3) is 0.400. The maximum Gasteiger partial charge on any atom is 0.267 e. The van der Waals surface area contributed by atoms with Crippen molar-refractivity contribution >= 4 is 21.7 Å². The highest BCUT2D eigenvalue weighted by molar-refractivity contribution is 7.92. The van der Waals surface area contributed by atoms with Gasteiger partial charge in [0, 0.05) is 56.6 Å². The van der Waals surface area contributed by atoms with E-state index in [1.165, 1.54) is 17.1 Å². The van der Waals surface area contributed by atoms with Gasteiger partial charge in [0.25, 0.3) is 10.0 Å². The van der Waals surface area contributed by atoms with Crippen LogP contribution in [0.5, 0.6) is 11.6 Å². The quantitative estimate of drug-likeness (QED) is 0.287. The standard InChI is InChI=1S/C30H38N8O3S/c1-6-26-28(27-10-8-7-9-22(27)15-21(2)3)33-30(35-42(39,40)25-19-32-37(5)20-25)34-29(26)41-24-16-23(17-31-18-24)38-13-11-36(4)12-14-38/h7-10,16-21H,6,11-15H2,1-5H3,(H,33,34,35). The van der Waals surface area contributed by atoms with Gasteiger partial charge in [0.1, 0.15) is 10.6 Å². The summed E-state index contributed by atoms with van der Waals surface area (Å²) in [5, 5.41) is 4.00. The van der Waals surface area contributed by atoms with Crippen molar-refractivity contribution in [3.05, 3.63) is 66.2 Å². The van der Waals surface area contributed by atoms with E-state index in [1.54, 1.807) is 13.2 Å². The van der Waals surface area contributed by atoms with Gasteiger partial charge in [-0.15, -0.1) is 0 Å². The second kappa shape index (κ2) is 12.5. The third kappa shape index (κ3) is 6.71. The largest absolute Gasteiger partial charge is 0.437 e. The van der Waals surface area contributed by atoms with Gasteiger partial charge in [0.2, 0.25) is 11.8 Å². The third-order valence-corrected chi connectivity index (χ3v) is 8.50. The van der Waals surface area contributed by atoms with Gasteiger partial charge >= 0.3 is 0 Å². The maximum atomic E-state index is 13.2. The Morgan fingerprint density at radius 3 is 2.48 bits per heavy atom. The molecule has 0 saturated carbocycles. The Labute approximate surface area is 247 Å². The van der Waals surface area contributed by atoms with Crippen LogP contribution >= 0.6 is 0 Å². The smallest absolute Gasteiger partial charge is 0.267 e. The molecule has 0 radical (unpaired) electrons. The molecule has 0 spiro atoms. The second-order valence-electron chi connectivity index (χ2n) is 11.0. The molecule has 0 aliphatic carbocycles. The molecule has 4 aromatic rings. The first-order valence-corrected chi connectivity index (χ1v) is 15.7. The molecule has 4 heterocycles. The minimum absolute atomic E-state index is 0.0153. The summed E-state index contributed by atoms with van der Waals surface area (Å²) in [6, 6.07) is 10.0. The van der Waals surface area contributed by atoms with Crippen molar-refractivity contribution in [3.63, 3.8) is 0 Å². The summed E-state index contributed by atoms with van der Waals surface area (Å²) < 4.78 is 36.9. The second-order valence-corrected chi connectivity index (χ2v) is 12.7. The highest BCUT2D eigenvalue weighted by Crippen LogP contribution is 2.36. The lowest BCUT2D eigenvalue weighted by molar-refractivity contribution is 0.312. The van der Waals surface area contributed by atoms with Crippen molar-refractivity contribution in [1.82, 2.24) is 29.6 Å². The molecule has 42 heavy (non-hydrogen) atoms. The molecule has 1 aromatic carbocycles. The molecule has 0 unspecified atom stereocenters. The van der Waals surface area contributed by atoms with E-state index in [4.69, 9.17) is 9.72 Å². The highest BCUT2D eigenvalue weighted by atomic mass is 32.2. The van der Waals surface area contributed by atoms with E-state index in [-0.39, 0.29) is 16.7 Å². The predicted octanol–water partition coefficient (Wildman–Crippen LogP) is 4.38. The summed E-state index contributed by atoms with van der Waals surface area (Å²) in [4.78, 5) is 18.4. The lowest BCUT2D eigenvalue weighted by Crippen LogP contribution is -2.44. The van der Waals surface area contributed by atoms with Gasteiger partial charge in [-0.1, -0.05) is 45.0 Å². The Morgan fingerprint density at radius 1 is 1.02 bits per heavy atom. The van der Waals surface area contributed by atoms with E-state index in [1.807, 2.05) is 37.4 Å². The van der Waals surface area contributed by atoms with Crippen molar-refractivity contribution in [1.29, 1.82) is 0 Å². The summed E-state index contributed by atoms with van der Waals surface area (Å²) in [5.74, 6) is 1.13. The molecule has 0 bridgehead atoms. The highest BCUT2D eigenvalue weighted by Gasteiger charge is 2.24. The van der Waals surface area contributed by atoms with Crippen LogP contribution in [0.4, 0.5) is 11.6 Å². The van der Waals surface area contributed by atoms with Crippen molar-refractivity contribution in [3.8, 4) is 22.9 Å². The van der Waals surface area contributed by atoms with Crippen LogP contribution in [0, 0.1) is 5.92 Å². The average Bonchev–Trinajstić information content (AvgIpc) is 3.40. The Balaban J connectivity index is 1.58. The molecule has 0 amide bonds. The number of piperazine rings is 1. The molecule has 1 aliphatic rings. The first-order valence-electron chi connectivity index (χ1n) is 14.2. The Bertz CT molecular complexity index is 1650. The van der Waals surface area contributed by atoms with Crippen molar-refractivity contribution in [2.45, 2.75) is 38.5 Å². The van der Waals surface area contributed by atoms with Gasteiger partial charge in [0.05, 0.1) is 30.0 Å². The number of aromatic nitrogens is 5. The van der Waals surface area contributed by atoms with Crippen LogP contribution in [0.3, 0.4) is 0 Å². The topological polar surface area (TPSA) is 118 Å². The lowest BCUT2D eigenvalue weighted by atomic mass is 9.94. The molecule has 0 atom stereocenters. The van der Waals surface area contributed by atoms with Crippen LogP contribution in [0.15, 0.2) is 60.0 Å². The van der Waals surface area contributed by atoms with Crippen LogP contribution in [-0.2, 0) is 29.9 Å². The number of nitrogens with zero attached hydrogens (tertiary/aromatic N) is 7. The van der Waals surface area contributed by atoms with Crippen LogP contribution < -0.4 is 14.4 Å². The zero-order valence-electron chi connectivity index (χ0n) is 24.8. The molecule has 12 heteroatoms. The summed E-state index contributed by atoms with van der Waals surface area (Å²) >= 11 is 0. The zero-order valence-corrected chi connectivity index (χ0v) is 25.6. The SMILES string of the molecule is CCc1c(Oc2cncc(N3CCN(C)CC3)c2)nc(NS(=O)(=O)c2cnn(C)c2)nc1-c1ccccc1CC(C)C. The Morgan fingerprint density at radius 2 is 1.79 bits per heavy atom. The number of pyridine rings is 1. The number of sulfonamides is 1. The molecule has 5 rings (SSSR count). The lowest BCUT2D eigenvalue weighted by Gasteiger charge is -2.33. The van der Waals surface area contributed by atoms with Crippen LogP contribution in [-0.4, -0.2) is 71.3 Å². The van der Waals surface area contributed by atoms with Gasteiger partial charge < -0.3 is 14.5 Å². The van der Waals surface area contributed by atoms with Crippen molar-refractivity contribution in [2.75, 3.05) is 42.8 Å². The Kier molecular flexibility index (Phi) is 8.74. The number of rotatable bonds is 10. The Hall–Kier alpha value is -4.03. The van der Waals surface area contributed by atoms with Gasteiger partial charge in [-0.3, -0.25) is 9.67 Å². The van der Waals surface area contributed by atoms with E-state index in [2.05, 4.69) is 56.6 Å². The van der Waals surface area contributed by atoms with Gasteiger partial charge in [-0.05, 0) is 31.4 Å². The summed E-state index contributed by atoms with van der Waals surface area (Å²) in [6.07, 6.45) is 7.60. The number of aryl methyl sites for hydroxylation is 1. The first kappa shape index (κ1) is 29.5. The minimum atomic E-state index is -3.99. The number of ether oxygens (including phenoxy) is 1. The third-order valence-electron chi connectivity index (χ3n) is 7.22. The van der Waals surface area contributed by atoms with E-state index in [9.17, 15) is 8.42 Å². The molecule has 222 valence electrons. The fourth-order valence-corrected chi connectivity index (χ4v) is 5.96. The van der Waals surface area contributed by atoms with Crippen LogP contribution in [0.1, 0.15) is 31.9 Å². The molecular weight excluding hydrogens is 552 g/mol. The monoisotopic (exact) mass is 590 g/mol. The molecule has 11 nitrogen and oxygen atoms in total. The van der Waals surface area contributed by atoms with Gasteiger partial charge in [0.15, 0.2) is 0 Å². The van der Waals surface area contributed by atoms with E-state index in [0.29, 0.717) is 23.8 Å². The van der Waals surface area contributed by atoms with Crippen molar-refractivity contribution < 1.29 is 13.2 Å². The summed E-state index contributed by atoms with van der Waals surface area (Å²) in [6.45, 7) is 10.1. The number of benzene rings is 1. The zero-order chi connectivity index (χ0) is 29.9. The number of nitrogens with one attached hydrogen (secondary N) is 1. The van der Waals surface area contributed by atoms with E-state index in [0.717, 1.165) is 55.0 Å². The molecule has 1 N–H and O–H groups in total. The number of anilines is 2. The molecule has 1 fully saturated rings. The van der Waals surface area contributed by atoms with Crippen LogP contribution in [0.2, 0.25) is 0 Å². The fourth-order valence-electron chi connectivity index (χ4n) is 5.03. The summed E-state index contributed by atoms with van der Waals surface area (Å²) in [7, 11) is -0.215.